The summed E-state index contributed by atoms with van der Waals surface area (Å²) in [7, 11) is 0. The quantitative estimate of drug-likeness (QED) is 0.698. The lowest BCUT2D eigenvalue weighted by Gasteiger charge is -1.99. The van der Waals surface area contributed by atoms with Gasteiger partial charge in [0.05, 0.1) is 23.3 Å². The normalized spacial score (nSPS) is 11.1. The molecular weight excluding hydrogens is 242 g/mol. The molecule has 80 valence electrons. The molecular formula is C11H8ClN3S. The predicted octanol–water partition coefficient (Wildman–Crippen LogP) is 3.19. The van der Waals surface area contributed by atoms with Crippen LogP contribution in [0.1, 0.15) is 5.69 Å². The van der Waals surface area contributed by atoms with Crippen LogP contribution in [-0.2, 0) is 6.54 Å². The molecule has 16 heavy (non-hydrogen) atoms. The van der Waals surface area contributed by atoms with E-state index in [4.69, 9.17) is 11.6 Å². The number of nitrogens with zero attached hydrogens (tertiary/aromatic N) is 3. The van der Waals surface area contributed by atoms with Gasteiger partial charge in [0, 0.05) is 22.8 Å². The van der Waals surface area contributed by atoms with Gasteiger partial charge in [-0.2, -0.15) is 4.37 Å². The van der Waals surface area contributed by atoms with E-state index < -0.39 is 0 Å². The number of hydrogen-bond acceptors (Lipinski definition) is 3. The van der Waals surface area contributed by atoms with Gasteiger partial charge in [-0.1, -0.05) is 11.6 Å². The van der Waals surface area contributed by atoms with Crippen molar-refractivity contribution < 1.29 is 0 Å². The van der Waals surface area contributed by atoms with Crippen LogP contribution in [-0.4, -0.2) is 13.9 Å². The molecule has 0 saturated heterocycles. The maximum atomic E-state index is 5.99. The third-order valence-electron chi connectivity index (χ3n) is 2.40. The number of rotatable bonds is 2. The summed E-state index contributed by atoms with van der Waals surface area (Å²) in [6, 6.07) is 5.86. The van der Waals surface area contributed by atoms with Gasteiger partial charge < -0.3 is 4.57 Å². The van der Waals surface area contributed by atoms with Crippen molar-refractivity contribution in [3.63, 3.8) is 0 Å². The first-order valence-corrected chi connectivity index (χ1v) is 5.97. The molecule has 0 unspecified atom stereocenters. The lowest BCUT2D eigenvalue weighted by atomic mass is 10.2. The molecule has 0 N–H and O–H groups in total. The van der Waals surface area contributed by atoms with E-state index in [-0.39, 0.29) is 0 Å². The molecule has 2 aromatic heterocycles. The van der Waals surface area contributed by atoms with E-state index in [2.05, 4.69) is 9.36 Å². The van der Waals surface area contributed by atoms with Gasteiger partial charge in [-0.25, -0.2) is 4.98 Å². The number of fused-ring (bicyclic) bond motifs is 1. The van der Waals surface area contributed by atoms with E-state index in [0.717, 1.165) is 22.6 Å². The van der Waals surface area contributed by atoms with Crippen molar-refractivity contribution in [2.45, 2.75) is 6.54 Å². The van der Waals surface area contributed by atoms with Crippen LogP contribution in [0.3, 0.4) is 0 Å². The summed E-state index contributed by atoms with van der Waals surface area (Å²) in [6.45, 7) is 0.736. The molecule has 0 fully saturated rings. The monoisotopic (exact) mass is 249 g/mol. The molecule has 0 saturated carbocycles. The van der Waals surface area contributed by atoms with Gasteiger partial charge in [0.2, 0.25) is 0 Å². The average Bonchev–Trinajstić information content (AvgIpc) is 2.90. The summed E-state index contributed by atoms with van der Waals surface area (Å²) in [5.74, 6) is 0. The number of imidazole rings is 1. The Bertz CT molecular complexity index is 615. The molecule has 0 radical (unpaired) electrons. The molecule has 2 heterocycles. The maximum absolute atomic E-state index is 5.99. The largest absolute Gasteiger partial charge is 0.331 e. The minimum Gasteiger partial charge on any atom is -0.331 e. The molecule has 0 aliphatic rings. The molecule has 0 amide bonds. The summed E-state index contributed by atoms with van der Waals surface area (Å²) in [5, 5.41) is 1.88. The third-order valence-corrected chi connectivity index (χ3v) is 3.50. The smallest absolute Gasteiger partial charge is 0.0949 e. The van der Waals surface area contributed by atoms with Crippen LogP contribution < -0.4 is 0 Å². The van der Waals surface area contributed by atoms with E-state index >= 15 is 0 Å². The highest BCUT2D eigenvalue weighted by Crippen LogP contribution is 2.26. The Morgan fingerprint density at radius 1 is 1.38 bits per heavy atom. The molecule has 1 aromatic carbocycles. The van der Waals surface area contributed by atoms with Crippen molar-refractivity contribution in [1.82, 2.24) is 13.9 Å². The first kappa shape index (κ1) is 9.81. The minimum absolute atomic E-state index is 0.736. The van der Waals surface area contributed by atoms with Crippen molar-refractivity contribution in [3.8, 4) is 0 Å². The van der Waals surface area contributed by atoms with Crippen molar-refractivity contribution in [2.24, 2.45) is 0 Å². The number of aromatic nitrogens is 3. The second kappa shape index (κ2) is 3.88. The van der Waals surface area contributed by atoms with Gasteiger partial charge in [-0.05, 0) is 29.7 Å². The Morgan fingerprint density at radius 3 is 3.12 bits per heavy atom. The fourth-order valence-corrected chi connectivity index (χ4v) is 2.57. The standard InChI is InChI=1S/C11H8ClN3S/c12-8-1-2-11-9(5-8)10(14-16-11)6-15-4-3-13-7-15/h1-5,7H,6H2. The topological polar surface area (TPSA) is 30.7 Å². The van der Waals surface area contributed by atoms with E-state index in [1.54, 1.807) is 12.5 Å². The maximum Gasteiger partial charge on any atom is 0.0949 e. The molecule has 0 aliphatic carbocycles. The van der Waals surface area contributed by atoms with E-state index in [0.29, 0.717) is 0 Å². The van der Waals surface area contributed by atoms with Gasteiger partial charge in [-0.3, -0.25) is 0 Å². The van der Waals surface area contributed by atoms with Crippen molar-refractivity contribution in [1.29, 1.82) is 0 Å². The van der Waals surface area contributed by atoms with Crippen molar-refractivity contribution in [2.75, 3.05) is 0 Å². The van der Waals surface area contributed by atoms with Crippen LogP contribution in [0.2, 0.25) is 5.02 Å². The highest BCUT2D eigenvalue weighted by Gasteiger charge is 2.06. The first-order chi connectivity index (χ1) is 7.83. The highest BCUT2D eigenvalue weighted by atomic mass is 35.5. The average molecular weight is 250 g/mol. The zero-order valence-corrected chi connectivity index (χ0v) is 9.87. The molecule has 0 spiro atoms. The van der Waals surface area contributed by atoms with E-state index in [9.17, 15) is 0 Å². The lowest BCUT2D eigenvalue weighted by molar-refractivity contribution is 0.788. The van der Waals surface area contributed by atoms with Crippen LogP contribution in [0.15, 0.2) is 36.9 Å². The van der Waals surface area contributed by atoms with Gasteiger partial charge in [0.25, 0.3) is 0 Å². The summed E-state index contributed by atoms with van der Waals surface area (Å²) in [4.78, 5) is 4.01. The zero-order chi connectivity index (χ0) is 11.0. The third kappa shape index (κ3) is 1.70. The highest BCUT2D eigenvalue weighted by molar-refractivity contribution is 7.13. The second-order valence-corrected chi connectivity index (χ2v) is 4.75. The molecule has 0 atom stereocenters. The Balaban J connectivity index is 2.07. The SMILES string of the molecule is Clc1ccc2snc(Cn3ccnc3)c2c1. The number of hydrogen-bond donors (Lipinski definition) is 0. The molecule has 3 nitrogen and oxygen atoms in total. The Kier molecular flexibility index (Phi) is 2.38. The second-order valence-electron chi connectivity index (χ2n) is 3.50. The molecule has 5 heteroatoms. The fraction of sp³-hybridized carbons (Fsp3) is 0.0909. The molecule has 3 aromatic rings. The van der Waals surface area contributed by atoms with Crippen LogP contribution in [0.25, 0.3) is 10.1 Å². The fourth-order valence-electron chi connectivity index (χ4n) is 1.63. The zero-order valence-electron chi connectivity index (χ0n) is 8.30. The molecule has 3 rings (SSSR count). The van der Waals surface area contributed by atoms with Gasteiger partial charge in [0.15, 0.2) is 0 Å². The summed E-state index contributed by atoms with van der Waals surface area (Å²) in [6.07, 6.45) is 5.48. The first-order valence-electron chi connectivity index (χ1n) is 4.82. The lowest BCUT2D eigenvalue weighted by Crippen LogP contribution is -1.96. The summed E-state index contributed by atoms with van der Waals surface area (Å²) < 4.78 is 7.61. The number of benzene rings is 1. The van der Waals surface area contributed by atoms with Gasteiger partial charge >= 0.3 is 0 Å². The van der Waals surface area contributed by atoms with Crippen molar-refractivity contribution >= 4 is 33.2 Å². The molecule has 0 aliphatic heterocycles. The van der Waals surface area contributed by atoms with Crippen LogP contribution >= 0.6 is 23.1 Å². The van der Waals surface area contributed by atoms with Crippen LogP contribution in [0.4, 0.5) is 0 Å². The van der Waals surface area contributed by atoms with Crippen LogP contribution in [0.5, 0.6) is 0 Å². The van der Waals surface area contributed by atoms with Crippen LogP contribution in [0, 0.1) is 0 Å². The van der Waals surface area contributed by atoms with Gasteiger partial charge in [-0.15, -0.1) is 0 Å². The predicted molar refractivity (Wildman–Crippen MR) is 66.0 cm³/mol. The van der Waals surface area contributed by atoms with Gasteiger partial charge in [0.1, 0.15) is 0 Å². The Labute approximate surface area is 101 Å². The van der Waals surface area contributed by atoms with E-state index in [1.807, 2.05) is 29.0 Å². The van der Waals surface area contributed by atoms with Crippen molar-refractivity contribution in [3.05, 3.63) is 47.6 Å². The summed E-state index contributed by atoms with van der Waals surface area (Å²) >= 11 is 7.49. The number of halogens is 1. The Hall–Kier alpha value is -1.39. The Morgan fingerprint density at radius 2 is 2.31 bits per heavy atom. The van der Waals surface area contributed by atoms with E-state index in [1.165, 1.54) is 16.2 Å². The molecule has 0 bridgehead atoms. The minimum atomic E-state index is 0.736. The summed E-state index contributed by atoms with van der Waals surface area (Å²) in [5.41, 5.74) is 1.04.